The fraction of sp³-hybridized carbons (Fsp3) is 0.957. The largest absolute Gasteiger partial charge is 0.394 e. The molecule has 1 heterocycles. The normalized spacial score (nSPS) is 17.2. The molecule has 0 aromatic carbocycles. The Balaban J connectivity index is 1.79. The minimum absolute atomic E-state index is 0.0961. The molecule has 1 aliphatic heterocycles. The van der Waals surface area contributed by atoms with Crippen molar-refractivity contribution in [3.05, 3.63) is 0 Å². The third-order valence-electron chi connectivity index (χ3n) is 5.90. The monoisotopic (exact) mass is 367 g/mol. The van der Waals surface area contributed by atoms with Gasteiger partial charge in [0.2, 0.25) is 5.91 Å². The van der Waals surface area contributed by atoms with E-state index >= 15 is 0 Å². The minimum atomic E-state index is 0.0961. The first-order valence-electron chi connectivity index (χ1n) is 11.7. The number of carbonyl (C=O) groups excluding carboxylic acids is 1. The van der Waals surface area contributed by atoms with E-state index in [4.69, 9.17) is 0 Å². The van der Waals surface area contributed by atoms with Gasteiger partial charge in [-0.3, -0.25) is 4.79 Å². The highest BCUT2D eigenvalue weighted by Gasteiger charge is 2.27. The van der Waals surface area contributed by atoms with E-state index in [0.29, 0.717) is 6.42 Å². The molecule has 0 aliphatic carbocycles. The van der Waals surface area contributed by atoms with E-state index in [0.717, 1.165) is 25.8 Å². The summed E-state index contributed by atoms with van der Waals surface area (Å²) < 4.78 is 0. The summed E-state index contributed by atoms with van der Waals surface area (Å²) in [5, 5.41) is 9.30. The zero-order valence-corrected chi connectivity index (χ0v) is 17.5. The van der Waals surface area contributed by atoms with Crippen LogP contribution in [0.2, 0.25) is 0 Å². The zero-order chi connectivity index (χ0) is 18.9. The van der Waals surface area contributed by atoms with Gasteiger partial charge in [0.05, 0.1) is 12.6 Å². The predicted octanol–water partition coefficient (Wildman–Crippen LogP) is 6.23. The molecule has 1 fully saturated rings. The Morgan fingerprint density at radius 2 is 1.27 bits per heavy atom. The minimum Gasteiger partial charge on any atom is -0.394 e. The number of hydrogen-bond acceptors (Lipinski definition) is 2. The second-order valence-electron chi connectivity index (χ2n) is 8.27. The molecule has 0 aromatic heterocycles. The first kappa shape index (κ1) is 23.5. The van der Waals surface area contributed by atoms with Gasteiger partial charge in [-0.05, 0) is 19.3 Å². The maximum absolute atomic E-state index is 12.2. The summed E-state index contributed by atoms with van der Waals surface area (Å²) in [7, 11) is 0. The van der Waals surface area contributed by atoms with E-state index in [1.807, 2.05) is 4.90 Å². The van der Waals surface area contributed by atoms with Crippen LogP contribution in [-0.4, -0.2) is 35.1 Å². The lowest BCUT2D eigenvalue weighted by molar-refractivity contribution is -0.132. The molecule has 1 rings (SSSR count). The fourth-order valence-electron chi connectivity index (χ4n) is 4.15. The van der Waals surface area contributed by atoms with E-state index in [1.165, 1.54) is 89.9 Å². The molecule has 1 saturated heterocycles. The van der Waals surface area contributed by atoms with Crippen LogP contribution in [0.25, 0.3) is 0 Å². The molecule has 0 saturated carbocycles. The summed E-state index contributed by atoms with van der Waals surface area (Å²) in [6.45, 7) is 3.26. The van der Waals surface area contributed by atoms with Gasteiger partial charge in [-0.2, -0.15) is 0 Å². The average Bonchev–Trinajstić information content (AvgIpc) is 3.13. The van der Waals surface area contributed by atoms with E-state index in [-0.39, 0.29) is 18.6 Å². The van der Waals surface area contributed by atoms with Crippen molar-refractivity contribution in [3.63, 3.8) is 0 Å². The van der Waals surface area contributed by atoms with Crippen molar-refractivity contribution in [1.82, 2.24) is 4.90 Å². The molecule has 0 aromatic rings. The van der Waals surface area contributed by atoms with Gasteiger partial charge < -0.3 is 10.0 Å². The number of unbranched alkanes of at least 4 members (excludes halogenated alkanes) is 14. The van der Waals surface area contributed by atoms with Gasteiger partial charge in [-0.1, -0.05) is 96.8 Å². The molecule has 1 amide bonds. The molecule has 154 valence electrons. The van der Waals surface area contributed by atoms with E-state index in [9.17, 15) is 9.90 Å². The number of carbonyl (C=O) groups is 1. The second kappa shape index (κ2) is 16.6. The molecule has 1 N–H and O–H groups in total. The number of amides is 1. The predicted molar refractivity (Wildman–Crippen MR) is 111 cm³/mol. The summed E-state index contributed by atoms with van der Waals surface area (Å²) in [5.41, 5.74) is 0. The van der Waals surface area contributed by atoms with Gasteiger partial charge in [-0.15, -0.1) is 0 Å². The molecule has 0 radical (unpaired) electrons. The molecular formula is C23H45NO2. The van der Waals surface area contributed by atoms with Crippen molar-refractivity contribution in [2.75, 3.05) is 13.2 Å². The fourth-order valence-corrected chi connectivity index (χ4v) is 4.15. The number of aliphatic hydroxyl groups excluding tert-OH is 1. The molecule has 1 unspecified atom stereocenters. The number of nitrogens with zero attached hydrogens (tertiary/aromatic N) is 1. The lowest BCUT2D eigenvalue weighted by Gasteiger charge is -2.22. The number of hydrogen-bond donors (Lipinski definition) is 1. The maximum atomic E-state index is 12.2. The lowest BCUT2D eigenvalue weighted by Crippen LogP contribution is -2.37. The van der Waals surface area contributed by atoms with Crippen LogP contribution in [-0.2, 0) is 4.79 Å². The van der Waals surface area contributed by atoms with Crippen molar-refractivity contribution in [1.29, 1.82) is 0 Å². The average molecular weight is 368 g/mol. The highest BCUT2D eigenvalue weighted by molar-refractivity contribution is 5.76. The molecule has 1 atom stereocenters. The van der Waals surface area contributed by atoms with Crippen LogP contribution in [0.5, 0.6) is 0 Å². The van der Waals surface area contributed by atoms with Crippen LogP contribution in [0.3, 0.4) is 0 Å². The Hall–Kier alpha value is -0.570. The third-order valence-corrected chi connectivity index (χ3v) is 5.90. The Bertz CT molecular complexity index is 332. The van der Waals surface area contributed by atoms with E-state index in [1.54, 1.807) is 0 Å². The van der Waals surface area contributed by atoms with Gasteiger partial charge >= 0.3 is 0 Å². The summed E-state index contributed by atoms with van der Waals surface area (Å²) in [4.78, 5) is 14.1. The second-order valence-corrected chi connectivity index (χ2v) is 8.27. The smallest absolute Gasteiger partial charge is 0.222 e. The first-order valence-corrected chi connectivity index (χ1v) is 11.7. The Morgan fingerprint density at radius 1 is 0.808 bits per heavy atom. The van der Waals surface area contributed by atoms with Gasteiger partial charge in [0, 0.05) is 13.0 Å². The quantitative estimate of drug-likeness (QED) is 0.309. The number of aliphatic hydroxyl groups is 1. The number of likely N-dealkylation sites (tertiary alicyclic amines) is 1. The molecule has 3 heteroatoms. The standard InChI is InChI=1S/C23H45NO2/c1-2-3-4-5-6-7-8-9-10-11-12-13-14-15-16-19-23(26)24-20-17-18-22(24)21-25/h22,25H,2-21H2,1H3. The topological polar surface area (TPSA) is 40.5 Å². The Kier molecular flexibility index (Phi) is 15.0. The van der Waals surface area contributed by atoms with E-state index in [2.05, 4.69) is 6.92 Å². The maximum Gasteiger partial charge on any atom is 0.222 e. The summed E-state index contributed by atoms with van der Waals surface area (Å²) in [6, 6.07) is 0.0961. The van der Waals surface area contributed by atoms with Gasteiger partial charge in [-0.25, -0.2) is 0 Å². The highest BCUT2D eigenvalue weighted by atomic mass is 16.3. The van der Waals surface area contributed by atoms with E-state index < -0.39 is 0 Å². The van der Waals surface area contributed by atoms with Crippen molar-refractivity contribution in [2.45, 2.75) is 129 Å². The van der Waals surface area contributed by atoms with Crippen molar-refractivity contribution in [2.24, 2.45) is 0 Å². The SMILES string of the molecule is CCCCCCCCCCCCCCCCCC(=O)N1CCCC1CO. The molecule has 3 nitrogen and oxygen atoms in total. The van der Waals surface area contributed by atoms with Gasteiger partial charge in [0.25, 0.3) is 0 Å². The Labute approximate surface area is 162 Å². The van der Waals surface area contributed by atoms with Crippen molar-refractivity contribution in [3.8, 4) is 0 Å². The summed E-state index contributed by atoms with van der Waals surface area (Å²) in [6.07, 6.45) is 23.0. The zero-order valence-electron chi connectivity index (χ0n) is 17.5. The van der Waals surface area contributed by atoms with Gasteiger partial charge in [0.15, 0.2) is 0 Å². The highest BCUT2D eigenvalue weighted by Crippen LogP contribution is 2.19. The van der Waals surface area contributed by atoms with Crippen LogP contribution in [0.4, 0.5) is 0 Å². The molecule has 0 bridgehead atoms. The summed E-state index contributed by atoms with van der Waals surface area (Å²) in [5.74, 6) is 0.260. The van der Waals surface area contributed by atoms with Crippen LogP contribution in [0, 0.1) is 0 Å². The van der Waals surface area contributed by atoms with Crippen LogP contribution >= 0.6 is 0 Å². The van der Waals surface area contributed by atoms with Crippen LogP contribution in [0.1, 0.15) is 122 Å². The molecule has 26 heavy (non-hydrogen) atoms. The molecular weight excluding hydrogens is 322 g/mol. The van der Waals surface area contributed by atoms with Gasteiger partial charge in [0.1, 0.15) is 0 Å². The summed E-state index contributed by atoms with van der Waals surface area (Å²) >= 11 is 0. The Morgan fingerprint density at radius 3 is 1.73 bits per heavy atom. The van der Waals surface area contributed by atoms with Crippen molar-refractivity contribution >= 4 is 5.91 Å². The van der Waals surface area contributed by atoms with Crippen LogP contribution in [0.15, 0.2) is 0 Å². The number of rotatable bonds is 17. The third kappa shape index (κ3) is 11.2. The first-order chi connectivity index (χ1) is 12.8. The van der Waals surface area contributed by atoms with Crippen LogP contribution < -0.4 is 0 Å². The van der Waals surface area contributed by atoms with Crippen molar-refractivity contribution < 1.29 is 9.90 Å². The lowest BCUT2D eigenvalue weighted by atomic mass is 10.0. The molecule has 1 aliphatic rings. The molecule has 0 spiro atoms.